The van der Waals surface area contributed by atoms with Crippen molar-refractivity contribution in [1.29, 1.82) is 0 Å². The van der Waals surface area contributed by atoms with Crippen molar-refractivity contribution in [2.75, 3.05) is 11.9 Å². The molecule has 0 radical (unpaired) electrons. The van der Waals surface area contributed by atoms with Gasteiger partial charge in [-0.25, -0.2) is 0 Å². The Bertz CT molecular complexity index is 285. The van der Waals surface area contributed by atoms with Crippen LogP contribution in [0.3, 0.4) is 0 Å². The summed E-state index contributed by atoms with van der Waals surface area (Å²) in [5, 5.41) is 2.83. The molecule has 0 amide bonds. The number of hydrogen-bond acceptors (Lipinski definition) is 1. The molecule has 0 aliphatic rings. The van der Waals surface area contributed by atoms with Gasteiger partial charge in [-0.2, -0.15) is 0 Å². The molecular formula is C8H10BF3N-. The van der Waals surface area contributed by atoms with E-state index in [4.69, 9.17) is 0 Å². The van der Waals surface area contributed by atoms with E-state index in [-0.39, 0.29) is 0 Å². The minimum atomic E-state index is -4.88. The topological polar surface area (TPSA) is 12.0 Å². The van der Waals surface area contributed by atoms with Crippen LogP contribution < -0.4 is 10.8 Å². The molecule has 0 aromatic heterocycles. The van der Waals surface area contributed by atoms with E-state index in [2.05, 4.69) is 5.32 Å². The van der Waals surface area contributed by atoms with Crippen molar-refractivity contribution in [1.82, 2.24) is 0 Å². The highest BCUT2D eigenvalue weighted by Gasteiger charge is 2.25. The predicted molar refractivity (Wildman–Crippen MR) is 49.3 cm³/mol. The second kappa shape index (κ2) is 3.72. The van der Waals surface area contributed by atoms with Crippen LogP contribution in [0.4, 0.5) is 18.6 Å². The molecule has 0 aliphatic heterocycles. The fourth-order valence-electron chi connectivity index (χ4n) is 1.06. The molecule has 13 heavy (non-hydrogen) atoms. The number of rotatable bonds is 3. The molecule has 1 nitrogen and oxygen atoms in total. The van der Waals surface area contributed by atoms with Gasteiger partial charge in [0, 0.05) is 12.2 Å². The molecule has 0 fully saturated rings. The Kier molecular flexibility index (Phi) is 2.85. The van der Waals surface area contributed by atoms with E-state index in [1.165, 1.54) is 6.07 Å². The van der Waals surface area contributed by atoms with Gasteiger partial charge in [0.15, 0.2) is 0 Å². The van der Waals surface area contributed by atoms with Crippen LogP contribution in [-0.4, -0.2) is 13.5 Å². The van der Waals surface area contributed by atoms with Crippen LogP contribution in [0.25, 0.3) is 0 Å². The zero-order valence-electron chi connectivity index (χ0n) is 7.23. The largest absolute Gasteiger partial charge is 0.509 e. The SMILES string of the molecule is CCNc1cccc([B-](F)(F)F)c1. The lowest BCUT2D eigenvalue weighted by atomic mass is 9.80. The van der Waals surface area contributed by atoms with Crippen LogP contribution in [0, 0.1) is 0 Å². The van der Waals surface area contributed by atoms with Crippen molar-refractivity contribution >= 4 is 18.1 Å². The fraction of sp³-hybridized carbons (Fsp3) is 0.250. The molecule has 5 heteroatoms. The lowest BCUT2D eigenvalue weighted by molar-refractivity contribution is 0.501. The van der Waals surface area contributed by atoms with E-state index in [0.717, 1.165) is 12.1 Å². The summed E-state index contributed by atoms with van der Waals surface area (Å²) in [6, 6.07) is 5.24. The van der Waals surface area contributed by atoms with Crippen molar-refractivity contribution in [3.05, 3.63) is 24.3 Å². The maximum atomic E-state index is 12.2. The second-order valence-corrected chi connectivity index (χ2v) is 2.73. The summed E-state index contributed by atoms with van der Waals surface area (Å²) in [6.45, 7) is -2.42. The van der Waals surface area contributed by atoms with Crippen molar-refractivity contribution in [2.45, 2.75) is 6.92 Å². The van der Waals surface area contributed by atoms with Crippen LogP contribution in [0.15, 0.2) is 24.3 Å². The first-order valence-electron chi connectivity index (χ1n) is 4.08. The maximum absolute atomic E-state index is 12.2. The van der Waals surface area contributed by atoms with E-state index >= 15 is 0 Å². The first-order chi connectivity index (χ1) is 6.04. The monoisotopic (exact) mass is 188 g/mol. The third kappa shape index (κ3) is 2.68. The van der Waals surface area contributed by atoms with Gasteiger partial charge < -0.3 is 18.3 Å². The summed E-state index contributed by atoms with van der Waals surface area (Å²) in [7, 11) is 0. The normalized spacial score (nSPS) is 11.4. The highest BCUT2D eigenvalue weighted by atomic mass is 19.4. The fourth-order valence-corrected chi connectivity index (χ4v) is 1.06. The second-order valence-electron chi connectivity index (χ2n) is 2.73. The predicted octanol–water partition coefficient (Wildman–Crippen LogP) is 2.17. The molecule has 0 unspecified atom stereocenters. The van der Waals surface area contributed by atoms with Crippen LogP contribution >= 0.6 is 0 Å². The van der Waals surface area contributed by atoms with Gasteiger partial charge in [0.25, 0.3) is 0 Å². The van der Waals surface area contributed by atoms with Gasteiger partial charge in [0.1, 0.15) is 0 Å². The Labute approximate surface area is 75.0 Å². The highest BCUT2D eigenvalue weighted by molar-refractivity contribution is 6.73. The summed E-state index contributed by atoms with van der Waals surface area (Å²) < 4.78 is 36.7. The zero-order valence-corrected chi connectivity index (χ0v) is 7.23. The van der Waals surface area contributed by atoms with Gasteiger partial charge in [-0.15, -0.1) is 5.46 Å². The quantitative estimate of drug-likeness (QED) is 0.716. The molecule has 1 aromatic carbocycles. The number of hydrogen-bond donors (Lipinski definition) is 1. The third-order valence-electron chi connectivity index (χ3n) is 1.65. The van der Waals surface area contributed by atoms with E-state index in [1.54, 1.807) is 6.07 Å². The average molecular weight is 188 g/mol. The molecular weight excluding hydrogens is 178 g/mol. The number of anilines is 1. The molecule has 0 spiro atoms. The van der Waals surface area contributed by atoms with E-state index < -0.39 is 12.4 Å². The molecule has 0 atom stereocenters. The Morgan fingerprint density at radius 2 is 2.00 bits per heavy atom. The molecule has 1 rings (SSSR count). The van der Waals surface area contributed by atoms with Crippen LogP contribution in [0.1, 0.15) is 6.92 Å². The van der Waals surface area contributed by atoms with Crippen LogP contribution in [0.5, 0.6) is 0 Å². The maximum Gasteiger partial charge on any atom is 0.509 e. The van der Waals surface area contributed by atoms with Crippen molar-refractivity contribution in [3.8, 4) is 0 Å². The van der Waals surface area contributed by atoms with E-state index in [9.17, 15) is 12.9 Å². The van der Waals surface area contributed by atoms with Crippen LogP contribution in [0.2, 0.25) is 0 Å². The molecule has 72 valence electrons. The van der Waals surface area contributed by atoms with Crippen molar-refractivity contribution in [2.24, 2.45) is 0 Å². The number of nitrogens with one attached hydrogen (secondary N) is 1. The van der Waals surface area contributed by atoms with Gasteiger partial charge in [0.2, 0.25) is 0 Å². The first-order valence-corrected chi connectivity index (χ1v) is 4.08. The molecule has 0 saturated heterocycles. The Morgan fingerprint density at radius 3 is 2.54 bits per heavy atom. The minimum absolute atomic E-state index is 0.513. The summed E-state index contributed by atoms with van der Waals surface area (Å²) in [6.07, 6.45) is 0. The smallest absolute Gasteiger partial charge is 0.445 e. The lowest BCUT2D eigenvalue weighted by Crippen LogP contribution is -2.33. The van der Waals surface area contributed by atoms with Crippen molar-refractivity contribution in [3.63, 3.8) is 0 Å². The number of benzene rings is 1. The van der Waals surface area contributed by atoms with Gasteiger partial charge >= 0.3 is 6.98 Å². The van der Waals surface area contributed by atoms with Crippen LogP contribution in [-0.2, 0) is 0 Å². The van der Waals surface area contributed by atoms with E-state index in [0.29, 0.717) is 12.2 Å². The highest BCUT2D eigenvalue weighted by Crippen LogP contribution is 2.12. The first kappa shape index (κ1) is 9.96. The molecule has 0 aliphatic carbocycles. The standard InChI is InChI=1S/C8H10BF3N/c1-2-13-8-5-3-4-7(6-8)9(10,11)12/h3-6,13H,2H2,1H3/q-1. The Balaban J connectivity index is 2.92. The van der Waals surface area contributed by atoms with Gasteiger partial charge in [0.05, 0.1) is 0 Å². The zero-order chi connectivity index (χ0) is 9.90. The van der Waals surface area contributed by atoms with Gasteiger partial charge in [-0.3, -0.25) is 0 Å². The van der Waals surface area contributed by atoms with Crippen molar-refractivity contribution < 1.29 is 12.9 Å². The summed E-state index contributed by atoms with van der Waals surface area (Å²) in [5.41, 5.74) is -0.0438. The molecule has 1 aromatic rings. The number of halogens is 3. The summed E-state index contributed by atoms with van der Waals surface area (Å²) >= 11 is 0. The Hall–Kier alpha value is -1.13. The molecule has 1 N–H and O–H groups in total. The third-order valence-corrected chi connectivity index (χ3v) is 1.65. The molecule has 0 bridgehead atoms. The summed E-state index contributed by atoms with van der Waals surface area (Å²) in [4.78, 5) is 0. The molecule has 0 heterocycles. The van der Waals surface area contributed by atoms with Gasteiger partial charge in [-0.1, -0.05) is 18.2 Å². The van der Waals surface area contributed by atoms with Gasteiger partial charge in [-0.05, 0) is 13.0 Å². The Morgan fingerprint density at radius 1 is 1.31 bits per heavy atom. The minimum Gasteiger partial charge on any atom is -0.445 e. The average Bonchev–Trinajstić information content (AvgIpc) is 2.04. The summed E-state index contributed by atoms with van der Waals surface area (Å²) in [5.74, 6) is 0. The van der Waals surface area contributed by atoms with E-state index in [1.807, 2.05) is 6.92 Å². The lowest BCUT2D eigenvalue weighted by Gasteiger charge is -2.15. The molecule has 0 saturated carbocycles.